The second-order valence-electron chi connectivity index (χ2n) is 5.26. The van der Waals surface area contributed by atoms with Gasteiger partial charge in [-0.15, -0.1) is 0 Å². The van der Waals surface area contributed by atoms with Crippen molar-refractivity contribution in [3.05, 3.63) is 42.1 Å². The molecule has 1 aromatic heterocycles. The summed E-state index contributed by atoms with van der Waals surface area (Å²) in [5.74, 6) is 0.721. The van der Waals surface area contributed by atoms with Crippen molar-refractivity contribution in [2.75, 3.05) is 29.0 Å². The van der Waals surface area contributed by atoms with E-state index in [1.807, 2.05) is 19.1 Å². The summed E-state index contributed by atoms with van der Waals surface area (Å²) >= 11 is 0. The largest absolute Gasteiger partial charge is 0.396 e. The lowest BCUT2D eigenvalue weighted by Crippen LogP contribution is -2.17. The van der Waals surface area contributed by atoms with Crippen LogP contribution in [0.3, 0.4) is 0 Å². The summed E-state index contributed by atoms with van der Waals surface area (Å²) in [5.41, 5.74) is 9.86. The quantitative estimate of drug-likeness (QED) is 0.896. The second-order valence-corrected chi connectivity index (χ2v) is 5.26. The van der Waals surface area contributed by atoms with E-state index >= 15 is 0 Å². The van der Waals surface area contributed by atoms with E-state index in [0.717, 1.165) is 17.2 Å². The maximum Gasteiger partial charge on any atom is 0.153 e. The molecule has 3 N–H and O–H groups in total. The van der Waals surface area contributed by atoms with E-state index < -0.39 is 0 Å². The number of benzene rings is 1. The molecule has 0 saturated carbocycles. The van der Waals surface area contributed by atoms with Crippen molar-refractivity contribution < 1.29 is 0 Å². The first-order valence-corrected chi connectivity index (χ1v) is 7.07. The van der Waals surface area contributed by atoms with Gasteiger partial charge in [0, 0.05) is 30.2 Å². The van der Waals surface area contributed by atoms with Crippen molar-refractivity contribution in [2.24, 2.45) is 0 Å². The third kappa shape index (κ3) is 2.69. The predicted molar refractivity (Wildman–Crippen MR) is 84.6 cm³/mol. The molecule has 0 radical (unpaired) electrons. The number of hydrogen-bond donors (Lipinski definition) is 2. The van der Waals surface area contributed by atoms with Crippen LogP contribution in [0.5, 0.6) is 0 Å². The van der Waals surface area contributed by atoms with Crippen molar-refractivity contribution in [3.63, 3.8) is 0 Å². The van der Waals surface area contributed by atoms with Gasteiger partial charge in [-0.25, -0.2) is 4.98 Å². The van der Waals surface area contributed by atoms with Gasteiger partial charge < -0.3 is 16.0 Å². The molecule has 2 heterocycles. The van der Waals surface area contributed by atoms with E-state index in [0.29, 0.717) is 5.69 Å². The molecule has 2 aromatic rings. The van der Waals surface area contributed by atoms with Gasteiger partial charge in [-0.2, -0.15) is 0 Å². The highest BCUT2D eigenvalue weighted by Crippen LogP contribution is 2.25. The molecule has 4 heteroatoms. The maximum atomic E-state index is 5.93. The lowest BCUT2D eigenvalue weighted by atomic mass is 10.2. The Kier molecular flexibility index (Phi) is 3.46. The highest BCUT2D eigenvalue weighted by Gasteiger charge is 2.11. The molecule has 0 bridgehead atoms. The summed E-state index contributed by atoms with van der Waals surface area (Å²) in [6, 6.07) is 12.3. The fourth-order valence-electron chi connectivity index (χ4n) is 2.54. The second kappa shape index (κ2) is 5.41. The predicted octanol–water partition coefficient (Wildman–Crippen LogP) is 3.32. The Labute approximate surface area is 119 Å². The van der Waals surface area contributed by atoms with Crippen LogP contribution in [0.2, 0.25) is 0 Å². The zero-order chi connectivity index (χ0) is 13.9. The van der Waals surface area contributed by atoms with Crippen molar-refractivity contribution in [2.45, 2.75) is 19.8 Å². The zero-order valence-electron chi connectivity index (χ0n) is 11.8. The molecular weight excluding hydrogens is 248 g/mol. The first-order chi connectivity index (χ1) is 9.72. The minimum Gasteiger partial charge on any atom is -0.396 e. The summed E-state index contributed by atoms with van der Waals surface area (Å²) in [5, 5.41) is 3.28. The Morgan fingerprint density at radius 3 is 2.45 bits per heavy atom. The fourth-order valence-corrected chi connectivity index (χ4v) is 2.54. The Morgan fingerprint density at radius 1 is 1.05 bits per heavy atom. The summed E-state index contributed by atoms with van der Waals surface area (Å²) in [4.78, 5) is 6.84. The smallest absolute Gasteiger partial charge is 0.153 e. The van der Waals surface area contributed by atoms with Crippen LogP contribution >= 0.6 is 0 Å². The van der Waals surface area contributed by atoms with Gasteiger partial charge in [0.2, 0.25) is 0 Å². The number of nitrogens with zero attached hydrogens (tertiary/aromatic N) is 2. The standard InChI is InChI=1S/C16H20N4/c1-12-4-9-15(17)16(18-12)19-13-5-7-14(8-6-13)20-10-2-3-11-20/h4-9H,2-3,10-11,17H2,1H3,(H,18,19). The highest BCUT2D eigenvalue weighted by atomic mass is 15.1. The Bertz CT molecular complexity index is 586. The number of pyridine rings is 1. The molecule has 1 aliphatic heterocycles. The van der Waals surface area contributed by atoms with Crippen LogP contribution in [0.1, 0.15) is 18.5 Å². The van der Waals surface area contributed by atoms with Crippen LogP contribution in [0.25, 0.3) is 0 Å². The lowest BCUT2D eigenvalue weighted by molar-refractivity contribution is 0.949. The molecule has 0 atom stereocenters. The number of aromatic nitrogens is 1. The van der Waals surface area contributed by atoms with Crippen LogP contribution in [-0.4, -0.2) is 18.1 Å². The van der Waals surface area contributed by atoms with Crippen molar-refractivity contribution >= 4 is 22.9 Å². The lowest BCUT2D eigenvalue weighted by Gasteiger charge is -2.18. The normalized spacial score (nSPS) is 14.6. The van der Waals surface area contributed by atoms with Gasteiger partial charge in [-0.1, -0.05) is 0 Å². The van der Waals surface area contributed by atoms with E-state index in [4.69, 9.17) is 5.73 Å². The van der Waals surface area contributed by atoms with Crippen LogP contribution < -0.4 is 16.0 Å². The maximum absolute atomic E-state index is 5.93. The first-order valence-electron chi connectivity index (χ1n) is 7.07. The molecule has 0 unspecified atom stereocenters. The average molecular weight is 268 g/mol. The molecule has 3 rings (SSSR count). The molecule has 0 amide bonds. The Balaban J connectivity index is 1.76. The number of aryl methyl sites for hydroxylation is 1. The minimum atomic E-state index is 0.666. The van der Waals surface area contributed by atoms with Crippen molar-refractivity contribution in [3.8, 4) is 0 Å². The monoisotopic (exact) mass is 268 g/mol. The molecule has 0 spiro atoms. The van der Waals surface area contributed by atoms with Crippen LogP contribution in [0.4, 0.5) is 22.9 Å². The van der Waals surface area contributed by atoms with E-state index in [2.05, 4.69) is 39.5 Å². The Morgan fingerprint density at radius 2 is 1.75 bits per heavy atom. The Hall–Kier alpha value is -2.23. The molecule has 1 aromatic carbocycles. The van der Waals surface area contributed by atoms with Crippen molar-refractivity contribution in [1.29, 1.82) is 0 Å². The van der Waals surface area contributed by atoms with Crippen molar-refractivity contribution in [1.82, 2.24) is 4.98 Å². The van der Waals surface area contributed by atoms with Gasteiger partial charge in [0.25, 0.3) is 0 Å². The summed E-state index contributed by atoms with van der Waals surface area (Å²) < 4.78 is 0. The average Bonchev–Trinajstić information content (AvgIpc) is 2.98. The molecule has 1 saturated heterocycles. The van der Waals surface area contributed by atoms with Gasteiger partial charge in [0.05, 0.1) is 5.69 Å². The number of nitrogens with one attached hydrogen (secondary N) is 1. The molecule has 0 aliphatic carbocycles. The number of nitrogens with two attached hydrogens (primary N) is 1. The molecular formula is C16H20N4. The minimum absolute atomic E-state index is 0.666. The SMILES string of the molecule is Cc1ccc(N)c(Nc2ccc(N3CCCC3)cc2)n1. The van der Waals surface area contributed by atoms with Crippen LogP contribution in [0.15, 0.2) is 36.4 Å². The van der Waals surface area contributed by atoms with E-state index in [-0.39, 0.29) is 0 Å². The van der Waals surface area contributed by atoms with Gasteiger partial charge >= 0.3 is 0 Å². The molecule has 4 nitrogen and oxygen atoms in total. The third-order valence-corrected chi connectivity index (χ3v) is 3.67. The third-order valence-electron chi connectivity index (χ3n) is 3.67. The van der Waals surface area contributed by atoms with Gasteiger partial charge in [-0.3, -0.25) is 0 Å². The number of hydrogen-bond acceptors (Lipinski definition) is 4. The molecule has 104 valence electrons. The topological polar surface area (TPSA) is 54.2 Å². The number of nitrogen functional groups attached to an aromatic ring is 1. The highest BCUT2D eigenvalue weighted by molar-refractivity contribution is 5.69. The summed E-state index contributed by atoms with van der Waals surface area (Å²) in [7, 11) is 0. The summed E-state index contributed by atoms with van der Waals surface area (Å²) in [6.07, 6.45) is 2.59. The van der Waals surface area contributed by atoms with Gasteiger partial charge in [0.1, 0.15) is 0 Å². The first kappa shape index (κ1) is 12.8. The zero-order valence-corrected chi connectivity index (χ0v) is 11.8. The molecule has 1 fully saturated rings. The fraction of sp³-hybridized carbons (Fsp3) is 0.312. The summed E-state index contributed by atoms with van der Waals surface area (Å²) in [6.45, 7) is 4.29. The van der Waals surface area contributed by atoms with E-state index in [1.165, 1.54) is 31.6 Å². The van der Waals surface area contributed by atoms with E-state index in [9.17, 15) is 0 Å². The molecule has 1 aliphatic rings. The van der Waals surface area contributed by atoms with Crippen LogP contribution in [-0.2, 0) is 0 Å². The number of rotatable bonds is 3. The van der Waals surface area contributed by atoms with Gasteiger partial charge in [0.15, 0.2) is 5.82 Å². The van der Waals surface area contributed by atoms with Crippen LogP contribution in [0, 0.1) is 6.92 Å². The molecule has 20 heavy (non-hydrogen) atoms. The van der Waals surface area contributed by atoms with Gasteiger partial charge in [-0.05, 0) is 56.2 Å². The number of anilines is 4. The van der Waals surface area contributed by atoms with E-state index in [1.54, 1.807) is 0 Å².